The monoisotopic (exact) mass is 286 g/mol. The first kappa shape index (κ1) is 14.0. The standard InChI is InChI=1S/C20H30O/c1-3-14-5-9-19-18-7-4-13-12-15(21)6-8-16(13)17(18)10-11-20(14,19)2/h3,13,16-19H,4-12H2,1-2H3/t13?,16-,17?,18?,19?,20+/m0/s1. The quantitative estimate of drug-likeness (QED) is 0.562. The number of hydrogen-bond donors (Lipinski definition) is 0. The smallest absolute Gasteiger partial charge is 0.133 e. The number of allylic oxidation sites excluding steroid dienone is 2. The van der Waals surface area contributed by atoms with E-state index in [2.05, 4.69) is 19.9 Å². The van der Waals surface area contributed by atoms with E-state index in [1.807, 2.05) is 0 Å². The van der Waals surface area contributed by atoms with Gasteiger partial charge in [0.2, 0.25) is 0 Å². The van der Waals surface area contributed by atoms with Gasteiger partial charge in [0.1, 0.15) is 5.78 Å². The van der Waals surface area contributed by atoms with Gasteiger partial charge in [0.25, 0.3) is 0 Å². The highest BCUT2D eigenvalue weighted by Crippen LogP contribution is 2.63. The molecule has 4 aliphatic carbocycles. The molecule has 0 N–H and O–H groups in total. The summed E-state index contributed by atoms with van der Waals surface area (Å²) < 4.78 is 0. The van der Waals surface area contributed by atoms with Crippen molar-refractivity contribution in [2.75, 3.05) is 0 Å². The summed E-state index contributed by atoms with van der Waals surface area (Å²) in [4.78, 5) is 11.8. The molecule has 116 valence electrons. The topological polar surface area (TPSA) is 17.1 Å². The largest absolute Gasteiger partial charge is 0.300 e. The third-order valence-electron chi connectivity index (χ3n) is 7.96. The first-order valence-corrected chi connectivity index (χ1v) is 9.31. The van der Waals surface area contributed by atoms with E-state index < -0.39 is 0 Å². The van der Waals surface area contributed by atoms with Gasteiger partial charge in [-0.2, -0.15) is 0 Å². The van der Waals surface area contributed by atoms with Gasteiger partial charge in [-0.25, -0.2) is 0 Å². The molecule has 0 bridgehead atoms. The molecule has 4 rings (SSSR count). The van der Waals surface area contributed by atoms with E-state index in [1.54, 1.807) is 5.57 Å². The van der Waals surface area contributed by atoms with Gasteiger partial charge in [-0.1, -0.05) is 18.6 Å². The van der Waals surface area contributed by atoms with Crippen LogP contribution in [-0.2, 0) is 4.79 Å². The molecule has 6 atom stereocenters. The second-order valence-electron chi connectivity index (χ2n) is 8.53. The molecule has 0 spiro atoms. The number of Topliss-reactive ketones (excluding diaryl/α,β-unsaturated/α-hetero) is 1. The molecular formula is C20H30O. The minimum absolute atomic E-state index is 0.521. The van der Waals surface area contributed by atoms with Crippen LogP contribution >= 0.6 is 0 Å². The minimum atomic E-state index is 0.521. The highest BCUT2D eigenvalue weighted by Gasteiger charge is 2.54. The Morgan fingerprint density at radius 3 is 2.67 bits per heavy atom. The van der Waals surface area contributed by atoms with Crippen LogP contribution in [0.4, 0.5) is 0 Å². The molecule has 0 aliphatic heterocycles. The molecule has 4 unspecified atom stereocenters. The molecule has 1 nitrogen and oxygen atoms in total. The van der Waals surface area contributed by atoms with E-state index >= 15 is 0 Å². The zero-order valence-corrected chi connectivity index (χ0v) is 13.7. The van der Waals surface area contributed by atoms with E-state index in [0.717, 1.165) is 42.4 Å². The van der Waals surface area contributed by atoms with Crippen molar-refractivity contribution < 1.29 is 4.79 Å². The van der Waals surface area contributed by atoms with E-state index in [0.29, 0.717) is 11.2 Å². The van der Waals surface area contributed by atoms with E-state index in [4.69, 9.17) is 0 Å². The lowest BCUT2D eigenvalue weighted by Gasteiger charge is -2.54. The number of hydrogen-bond acceptors (Lipinski definition) is 1. The van der Waals surface area contributed by atoms with Gasteiger partial charge in [-0.3, -0.25) is 4.79 Å². The molecule has 1 heteroatoms. The van der Waals surface area contributed by atoms with Crippen LogP contribution in [0.15, 0.2) is 11.6 Å². The Kier molecular flexibility index (Phi) is 3.32. The second kappa shape index (κ2) is 4.96. The van der Waals surface area contributed by atoms with Crippen LogP contribution < -0.4 is 0 Å². The minimum Gasteiger partial charge on any atom is -0.300 e. The van der Waals surface area contributed by atoms with E-state index in [-0.39, 0.29) is 0 Å². The number of ketones is 1. The molecule has 4 saturated carbocycles. The molecule has 4 aliphatic rings. The average Bonchev–Trinajstić information content (AvgIpc) is 2.83. The number of rotatable bonds is 0. The van der Waals surface area contributed by atoms with Gasteiger partial charge >= 0.3 is 0 Å². The summed E-state index contributed by atoms with van der Waals surface area (Å²) in [5.74, 6) is 5.05. The van der Waals surface area contributed by atoms with Crippen LogP contribution in [-0.4, -0.2) is 5.78 Å². The fourth-order valence-electron chi connectivity index (χ4n) is 6.98. The summed E-state index contributed by atoms with van der Waals surface area (Å²) in [6.45, 7) is 4.81. The predicted octanol–water partition coefficient (Wildman–Crippen LogP) is 5.15. The van der Waals surface area contributed by atoms with Crippen LogP contribution in [0.25, 0.3) is 0 Å². The normalized spacial score (nSPS) is 51.4. The Balaban J connectivity index is 1.59. The first-order valence-electron chi connectivity index (χ1n) is 9.31. The Morgan fingerprint density at radius 1 is 1.00 bits per heavy atom. The van der Waals surface area contributed by atoms with Crippen molar-refractivity contribution in [3.8, 4) is 0 Å². The van der Waals surface area contributed by atoms with Gasteiger partial charge in [-0.05, 0) is 86.9 Å². The fourth-order valence-corrected chi connectivity index (χ4v) is 6.98. The van der Waals surface area contributed by atoms with Crippen molar-refractivity contribution in [2.45, 2.75) is 71.6 Å². The van der Waals surface area contributed by atoms with Gasteiger partial charge < -0.3 is 0 Å². The van der Waals surface area contributed by atoms with Crippen molar-refractivity contribution in [1.82, 2.24) is 0 Å². The maximum atomic E-state index is 11.8. The van der Waals surface area contributed by atoms with Gasteiger partial charge in [0.15, 0.2) is 0 Å². The molecule has 0 saturated heterocycles. The summed E-state index contributed by atoms with van der Waals surface area (Å²) in [7, 11) is 0. The highest BCUT2D eigenvalue weighted by molar-refractivity contribution is 5.79. The molecule has 0 aromatic carbocycles. The van der Waals surface area contributed by atoms with Crippen molar-refractivity contribution in [3.05, 3.63) is 11.6 Å². The summed E-state index contributed by atoms with van der Waals surface area (Å²) in [6, 6.07) is 0. The van der Waals surface area contributed by atoms with Crippen LogP contribution in [0, 0.1) is 35.0 Å². The van der Waals surface area contributed by atoms with Crippen LogP contribution in [0.1, 0.15) is 71.6 Å². The lowest BCUT2D eigenvalue weighted by molar-refractivity contribution is -0.126. The molecule has 0 aromatic rings. The zero-order chi connectivity index (χ0) is 14.6. The van der Waals surface area contributed by atoms with Crippen molar-refractivity contribution in [1.29, 1.82) is 0 Å². The Labute approximate surface area is 129 Å². The van der Waals surface area contributed by atoms with Crippen LogP contribution in [0.5, 0.6) is 0 Å². The van der Waals surface area contributed by atoms with Crippen molar-refractivity contribution >= 4 is 5.78 Å². The fraction of sp³-hybridized carbons (Fsp3) is 0.850. The van der Waals surface area contributed by atoms with Gasteiger partial charge in [-0.15, -0.1) is 0 Å². The number of fused-ring (bicyclic) bond motifs is 5. The summed E-state index contributed by atoms with van der Waals surface area (Å²) in [5, 5.41) is 0. The number of carbonyl (C=O) groups excluding carboxylic acids is 1. The zero-order valence-electron chi connectivity index (χ0n) is 13.7. The molecular weight excluding hydrogens is 256 g/mol. The van der Waals surface area contributed by atoms with E-state index in [1.165, 1.54) is 44.9 Å². The Morgan fingerprint density at radius 2 is 1.86 bits per heavy atom. The molecule has 4 fully saturated rings. The highest BCUT2D eigenvalue weighted by atomic mass is 16.1. The molecule has 0 amide bonds. The van der Waals surface area contributed by atoms with E-state index in [9.17, 15) is 4.79 Å². The molecule has 0 heterocycles. The summed E-state index contributed by atoms with van der Waals surface area (Å²) in [5.41, 5.74) is 2.28. The first-order chi connectivity index (χ1) is 10.1. The lowest BCUT2D eigenvalue weighted by Crippen LogP contribution is -2.47. The molecule has 0 aromatic heterocycles. The Hall–Kier alpha value is -0.590. The Bertz CT molecular complexity index is 476. The van der Waals surface area contributed by atoms with Crippen molar-refractivity contribution in [3.63, 3.8) is 0 Å². The van der Waals surface area contributed by atoms with Crippen molar-refractivity contribution in [2.24, 2.45) is 35.0 Å². The molecule has 0 radical (unpaired) electrons. The average molecular weight is 286 g/mol. The van der Waals surface area contributed by atoms with Crippen LogP contribution in [0.2, 0.25) is 0 Å². The SMILES string of the molecule is CC=C1CCC2C3CCC4CC(=O)CC[C@@H]4C3CC[C@]12C. The van der Waals surface area contributed by atoms with Gasteiger partial charge in [0.05, 0.1) is 0 Å². The lowest BCUT2D eigenvalue weighted by atomic mass is 9.50. The van der Waals surface area contributed by atoms with Crippen LogP contribution in [0.3, 0.4) is 0 Å². The third kappa shape index (κ3) is 1.99. The summed E-state index contributed by atoms with van der Waals surface area (Å²) >= 11 is 0. The molecule has 21 heavy (non-hydrogen) atoms. The number of carbonyl (C=O) groups is 1. The van der Waals surface area contributed by atoms with Gasteiger partial charge in [0, 0.05) is 12.8 Å². The maximum Gasteiger partial charge on any atom is 0.133 e. The third-order valence-corrected chi connectivity index (χ3v) is 7.96. The predicted molar refractivity (Wildman–Crippen MR) is 85.9 cm³/mol. The maximum absolute atomic E-state index is 11.8. The summed E-state index contributed by atoms with van der Waals surface area (Å²) in [6.07, 6.45) is 13.8. The second-order valence-corrected chi connectivity index (χ2v) is 8.53.